The van der Waals surface area contributed by atoms with Gasteiger partial charge in [-0.2, -0.15) is 0 Å². The molecule has 37 heavy (non-hydrogen) atoms. The topological polar surface area (TPSA) is 98.4 Å². The van der Waals surface area contributed by atoms with Crippen LogP contribution in [-0.4, -0.2) is 30.7 Å². The Labute approximate surface area is 229 Å². The van der Waals surface area contributed by atoms with Crippen LogP contribution < -0.4 is 15.1 Å². The molecular formula is C28H22Br2O7. The van der Waals surface area contributed by atoms with E-state index in [-0.39, 0.29) is 36.1 Å². The zero-order chi connectivity index (χ0) is 26.3. The highest BCUT2D eigenvalue weighted by molar-refractivity contribution is 9.10. The molecule has 0 fully saturated rings. The third kappa shape index (κ3) is 4.74. The van der Waals surface area contributed by atoms with Crippen molar-refractivity contribution in [1.29, 1.82) is 0 Å². The third-order valence-corrected chi connectivity index (χ3v) is 7.31. The van der Waals surface area contributed by atoms with Gasteiger partial charge < -0.3 is 28.8 Å². The molecule has 1 aromatic heterocycles. The van der Waals surface area contributed by atoms with Crippen LogP contribution in [0.3, 0.4) is 0 Å². The van der Waals surface area contributed by atoms with E-state index in [4.69, 9.17) is 18.6 Å². The highest BCUT2D eigenvalue weighted by Crippen LogP contribution is 2.43. The van der Waals surface area contributed by atoms with Gasteiger partial charge in [0.15, 0.2) is 6.79 Å². The van der Waals surface area contributed by atoms with Crippen molar-refractivity contribution in [1.82, 2.24) is 0 Å². The number of halogens is 2. The fourth-order valence-electron chi connectivity index (χ4n) is 4.58. The minimum atomic E-state index is -0.908. The number of hydrogen-bond acceptors (Lipinski definition) is 7. The Balaban J connectivity index is 1.85. The zero-order valence-electron chi connectivity index (χ0n) is 19.9. The quantitative estimate of drug-likeness (QED) is 0.239. The number of rotatable bonds is 4. The molecule has 0 saturated carbocycles. The fourth-order valence-corrected chi connectivity index (χ4v) is 5.30. The van der Waals surface area contributed by atoms with Gasteiger partial charge in [-0.25, -0.2) is 4.79 Å². The Bertz CT molecular complexity index is 1610. The number of ether oxygens (including phenoxy) is 3. The minimum Gasteiger partial charge on any atom is -0.507 e. The summed E-state index contributed by atoms with van der Waals surface area (Å²) in [6, 6.07) is 15.7. The first-order chi connectivity index (χ1) is 17.8. The van der Waals surface area contributed by atoms with Crippen molar-refractivity contribution in [3.05, 3.63) is 102 Å². The summed E-state index contributed by atoms with van der Waals surface area (Å²) in [6.45, 7) is 1.75. The Morgan fingerprint density at radius 1 is 1.00 bits per heavy atom. The summed E-state index contributed by atoms with van der Waals surface area (Å²) in [5.41, 5.74) is 1.75. The van der Waals surface area contributed by atoms with Gasteiger partial charge in [0, 0.05) is 20.4 Å². The summed E-state index contributed by atoms with van der Waals surface area (Å²) < 4.78 is 23.9. The van der Waals surface area contributed by atoms with Gasteiger partial charge in [-0.15, -0.1) is 0 Å². The van der Waals surface area contributed by atoms with Crippen molar-refractivity contribution in [2.45, 2.75) is 12.8 Å². The van der Waals surface area contributed by atoms with Crippen LogP contribution in [0.1, 0.15) is 28.2 Å². The summed E-state index contributed by atoms with van der Waals surface area (Å²) in [5.74, 6) is -0.187. The van der Waals surface area contributed by atoms with Crippen LogP contribution in [0.5, 0.6) is 17.2 Å². The first-order valence-electron chi connectivity index (χ1n) is 11.3. The van der Waals surface area contributed by atoms with E-state index in [0.29, 0.717) is 38.1 Å². The molecule has 2 heterocycles. The molecule has 9 heteroatoms. The monoisotopic (exact) mass is 628 g/mol. The molecule has 1 aliphatic heterocycles. The number of aryl methyl sites for hydroxylation is 1. The maximum absolute atomic E-state index is 13.4. The summed E-state index contributed by atoms with van der Waals surface area (Å²) in [5, 5.41) is 23.4. The van der Waals surface area contributed by atoms with Crippen molar-refractivity contribution < 1.29 is 28.8 Å². The molecule has 4 aromatic rings. The zero-order valence-corrected chi connectivity index (χ0v) is 23.1. The molecule has 0 saturated heterocycles. The summed E-state index contributed by atoms with van der Waals surface area (Å²) in [7, 11) is 1.58. The van der Waals surface area contributed by atoms with Gasteiger partial charge in [0.2, 0.25) is 0 Å². The van der Waals surface area contributed by atoms with Crippen molar-refractivity contribution >= 4 is 48.6 Å². The molecular weight excluding hydrogens is 608 g/mol. The normalized spacial score (nSPS) is 16.4. The fraction of sp³-hybridized carbons (Fsp3) is 0.179. The summed E-state index contributed by atoms with van der Waals surface area (Å²) in [4.78, 5) is 13.4. The molecule has 190 valence electrons. The second kappa shape index (κ2) is 10.2. The Morgan fingerprint density at radius 3 is 2.51 bits per heavy atom. The van der Waals surface area contributed by atoms with Crippen LogP contribution in [0.15, 0.2) is 78.3 Å². The molecule has 3 aromatic carbocycles. The second-order valence-electron chi connectivity index (χ2n) is 8.58. The highest BCUT2D eigenvalue weighted by atomic mass is 79.9. The first kappa shape index (κ1) is 25.4. The highest BCUT2D eigenvalue weighted by Gasteiger charge is 2.32. The van der Waals surface area contributed by atoms with E-state index in [1.165, 1.54) is 0 Å². The molecule has 0 spiro atoms. The molecule has 5 rings (SSSR count). The van der Waals surface area contributed by atoms with Gasteiger partial charge in [0.1, 0.15) is 28.6 Å². The standard InChI is InChI=1S/C28H22Br2O7/c1-14-9-15(3-6-21(14)34-2)24(25-27(32)19-11-17(30)5-8-23(19)37-28(25)33)20-12-35-13-36-22-7-4-16(29)10-18(22)26(20)31/h3-11,24,31-32H,12-13H2,1-2H3/b26-20-. The number of fused-ring (bicyclic) bond motifs is 2. The number of benzene rings is 3. The maximum Gasteiger partial charge on any atom is 0.344 e. The Kier molecular flexibility index (Phi) is 7.02. The van der Waals surface area contributed by atoms with E-state index in [2.05, 4.69) is 31.9 Å². The molecule has 0 aliphatic carbocycles. The molecule has 1 aliphatic rings. The van der Waals surface area contributed by atoms with Crippen LogP contribution in [0.4, 0.5) is 0 Å². The molecule has 0 radical (unpaired) electrons. The van der Waals surface area contributed by atoms with E-state index >= 15 is 0 Å². The smallest absolute Gasteiger partial charge is 0.344 e. The molecule has 0 bridgehead atoms. The number of hydrogen-bond donors (Lipinski definition) is 2. The number of methoxy groups -OCH3 is 1. The predicted octanol–water partition coefficient (Wildman–Crippen LogP) is 6.81. The SMILES string of the molecule is COc1ccc(C(/C2=C(\O)c3cc(Br)ccc3OCOC2)c2c(O)c3cc(Br)ccc3oc2=O)cc1C. The maximum atomic E-state index is 13.4. The van der Waals surface area contributed by atoms with Crippen molar-refractivity contribution in [2.75, 3.05) is 20.5 Å². The lowest BCUT2D eigenvalue weighted by Gasteiger charge is -2.26. The van der Waals surface area contributed by atoms with Crippen LogP contribution in [0.2, 0.25) is 0 Å². The molecule has 0 amide bonds. The van der Waals surface area contributed by atoms with Crippen LogP contribution in [-0.2, 0) is 4.74 Å². The van der Waals surface area contributed by atoms with Crippen LogP contribution in [0.25, 0.3) is 16.7 Å². The van der Waals surface area contributed by atoms with E-state index in [1.54, 1.807) is 55.6 Å². The van der Waals surface area contributed by atoms with Gasteiger partial charge in [-0.3, -0.25) is 0 Å². The average molecular weight is 630 g/mol. The van der Waals surface area contributed by atoms with Crippen molar-refractivity contribution in [3.63, 3.8) is 0 Å². The number of aromatic hydroxyl groups is 1. The predicted molar refractivity (Wildman–Crippen MR) is 147 cm³/mol. The van der Waals surface area contributed by atoms with E-state index in [1.807, 2.05) is 13.0 Å². The van der Waals surface area contributed by atoms with Crippen molar-refractivity contribution in [2.24, 2.45) is 0 Å². The van der Waals surface area contributed by atoms with E-state index in [9.17, 15) is 15.0 Å². The van der Waals surface area contributed by atoms with Crippen molar-refractivity contribution in [3.8, 4) is 17.2 Å². The second-order valence-corrected chi connectivity index (χ2v) is 10.4. The third-order valence-electron chi connectivity index (χ3n) is 6.32. The largest absolute Gasteiger partial charge is 0.507 e. The van der Waals surface area contributed by atoms with Gasteiger partial charge in [-0.05, 0) is 60.5 Å². The lowest BCUT2D eigenvalue weighted by Crippen LogP contribution is -2.22. The minimum absolute atomic E-state index is 0.0154. The molecule has 7 nitrogen and oxygen atoms in total. The van der Waals surface area contributed by atoms with Gasteiger partial charge >= 0.3 is 5.63 Å². The Morgan fingerprint density at radius 2 is 1.76 bits per heavy atom. The number of aliphatic hydroxyl groups is 1. The average Bonchev–Trinajstić information content (AvgIpc) is 2.87. The first-order valence-corrected chi connectivity index (χ1v) is 12.9. The Hall–Kier alpha value is -3.27. The van der Waals surface area contributed by atoms with Gasteiger partial charge in [0.05, 0.1) is 30.2 Å². The molecule has 1 atom stereocenters. The number of aliphatic hydroxyl groups excluding tert-OH is 1. The summed E-state index contributed by atoms with van der Waals surface area (Å²) in [6.07, 6.45) is 0. The van der Waals surface area contributed by atoms with E-state index in [0.717, 1.165) is 10.0 Å². The molecule has 1 unspecified atom stereocenters. The van der Waals surface area contributed by atoms with Crippen LogP contribution >= 0.6 is 31.9 Å². The molecule has 2 N–H and O–H groups in total. The summed E-state index contributed by atoms with van der Waals surface area (Å²) >= 11 is 6.86. The van der Waals surface area contributed by atoms with Crippen LogP contribution in [0, 0.1) is 6.92 Å². The van der Waals surface area contributed by atoms with Gasteiger partial charge in [0.25, 0.3) is 0 Å². The lowest BCUT2D eigenvalue weighted by molar-refractivity contribution is 0.0237. The van der Waals surface area contributed by atoms with Gasteiger partial charge in [-0.1, -0.05) is 44.0 Å². The lowest BCUT2D eigenvalue weighted by atomic mass is 9.82. The van der Waals surface area contributed by atoms with E-state index < -0.39 is 11.5 Å².